The maximum atomic E-state index is 12.6. The van der Waals surface area contributed by atoms with Crippen LogP contribution in [0.25, 0.3) is 0 Å². The molecule has 1 aliphatic heterocycles. The molecule has 0 bridgehead atoms. The normalized spacial score (nSPS) is 18.6. The van der Waals surface area contributed by atoms with Gasteiger partial charge in [0.1, 0.15) is 16.9 Å². The van der Waals surface area contributed by atoms with E-state index in [9.17, 15) is 9.59 Å². The van der Waals surface area contributed by atoms with Crippen LogP contribution in [-0.4, -0.2) is 46.3 Å². The van der Waals surface area contributed by atoms with E-state index in [0.29, 0.717) is 42.4 Å². The average molecular weight is 431 g/mol. The predicted octanol–water partition coefficient (Wildman–Crippen LogP) is 2.73. The molecule has 1 atom stereocenters. The summed E-state index contributed by atoms with van der Waals surface area (Å²) in [6, 6.07) is 16.2. The van der Waals surface area contributed by atoms with Crippen molar-refractivity contribution in [1.82, 2.24) is 14.9 Å². The molecule has 4 rings (SSSR count). The van der Waals surface area contributed by atoms with Crippen molar-refractivity contribution in [3.63, 3.8) is 0 Å². The van der Waals surface area contributed by atoms with Crippen molar-refractivity contribution in [2.75, 3.05) is 25.0 Å². The molecule has 164 valence electrons. The Kier molecular flexibility index (Phi) is 6.42. The Hall–Kier alpha value is -3.78. The average Bonchev–Trinajstić information content (AvgIpc) is 2.81. The first-order valence-electron chi connectivity index (χ1n) is 10.5. The molecule has 32 heavy (non-hydrogen) atoms. The number of amides is 2. The standard InChI is InChI=1S/C24H25N5O3/c25-23(31)24(21-6-1-2-13-27-21)11-4-14-29(17-24)16-22(30)28-18-7-9-19(10-8-18)32-20-5-3-12-26-15-20/h1-3,5-10,12-13,15H,4,11,14,16-17H2,(H2,25,31)(H,28,30). The van der Waals surface area contributed by atoms with Crippen LogP contribution in [0.3, 0.4) is 0 Å². The lowest BCUT2D eigenvalue weighted by molar-refractivity contribution is -0.127. The number of likely N-dealkylation sites (tertiary alicyclic amines) is 1. The lowest BCUT2D eigenvalue weighted by Crippen LogP contribution is -2.55. The van der Waals surface area contributed by atoms with Gasteiger partial charge >= 0.3 is 0 Å². The lowest BCUT2D eigenvalue weighted by atomic mass is 9.76. The third-order valence-corrected chi connectivity index (χ3v) is 5.57. The number of hydrogen-bond acceptors (Lipinski definition) is 6. The van der Waals surface area contributed by atoms with E-state index >= 15 is 0 Å². The third-order valence-electron chi connectivity index (χ3n) is 5.57. The van der Waals surface area contributed by atoms with E-state index in [1.165, 1.54) is 0 Å². The number of primary amides is 1. The summed E-state index contributed by atoms with van der Waals surface area (Å²) in [5, 5.41) is 2.90. The van der Waals surface area contributed by atoms with Gasteiger partial charge in [0, 0.05) is 24.6 Å². The molecular formula is C24H25N5O3. The number of nitrogens with one attached hydrogen (secondary N) is 1. The molecule has 0 spiro atoms. The number of nitrogens with two attached hydrogens (primary N) is 1. The Morgan fingerprint density at radius 3 is 2.59 bits per heavy atom. The molecule has 1 aliphatic rings. The molecular weight excluding hydrogens is 406 g/mol. The number of pyridine rings is 2. The van der Waals surface area contributed by atoms with E-state index in [0.717, 1.165) is 6.42 Å². The summed E-state index contributed by atoms with van der Waals surface area (Å²) in [5.74, 6) is 0.714. The predicted molar refractivity (Wildman–Crippen MR) is 120 cm³/mol. The van der Waals surface area contributed by atoms with Crippen LogP contribution in [0.2, 0.25) is 0 Å². The van der Waals surface area contributed by atoms with Crippen LogP contribution in [0.4, 0.5) is 5.69 Å². The molecule has 3 aromatic rings. The number of ether oxygens (including phenoxy) is 1. The first-order chi connectivity index (χ1) is 15.5. The highest BCUT2D eigenvalue weighted by Crippen LogP contribution is 2.32. The fourth-order valence-corrected chi connectivity index (χ4v) is 4.01. The van der Waals surface area contributed by atoms with Crippen LogP contribution in [0.1, 0.15) is 18.5 Å². The molecule has 1 aromatic carbocycles. The Balaban J connectivity index is 1.37. The number of piperidine rings is 1. The van der Waals surface area contributed by atoms with Gasteiger partial charge in [-0.15, -0.1) is 0 Å². The summed E-state index contributed by atoms with van der Waals surface area (Å²) < 4.78 is 5.71. The van der Waals surface area contributed by atoms with E-state index < -0.39 is 11.3 Å². The van der Waals surface area contributed by atoms with Gasteiger partial charge in [0.25, 0.3) is 0 Å². The van der Waals surface area contributed by atoms with E-state index in [4.69, 9.17) is 10.5 Å². The van der Waals surface area contributed by atoms with Gasteiger partial charge in [0.2, 0.25) is 11.8 Å². The summed E-state index contributed by atoms with van der Waals surface area (Å²) in [6.07, 6.45) is 6.35. The molecule has 8 nitrogen and oxygen atoms in total. The largest absolute Gasteiger partial charge is 0.456 e. The molecule has 2 aromatic heterocycles. The fourth-order valence-electron chi connectivity index (χ4n) is 4.01. The second-order valence-corrected chi connectivity index (χ2v) is 7.84. The number of carbonyl (C=O) groups is 2. The van der Waals surface area contributed by atoms with E-state index in [-0.39, 0.29) is 12.5 Å². The molecule has 1 fully saturated rings. The van der Waals surface area contributed by atoms with E-state index in [2.05, 4.69) is 15.3 Å². The minimum atomic E-state index is -0.884. The highest BCUT2D eigenvalue weighted by atomic mass is 16.5. The summed E-state index contributed by atoms with van der Waals surface area (Å²) in [6.45, 7) is 1.24. The van der Waals surface area contributed by atoms with Crippen LogP contribution in [0.15, 0.2) is 73.2 Å². The van der Waals surface area contributed by atoms with Gasteiger partial charge in [-0.1, -0.05) is 6.07 Å². The minimum Gasteiger partial charge on any atom is -0.456 e. The van der Waals surface area contributed by atoms with Crippen molar-refractivity contribution in [1.29, 1.82) is 0 Å². The van der Waals surface area contributed by atoms with Crippen molar-refractivity contribution in [2.24, 2.45) is 5.73 Å². The molecule has 8 heteroatoms. The molecule has 3 N–H and O–H groups in total. The van der Waals surface area contributed by atoms with Crippen molar-refractivity contribution >= 4 is 17.5 Å². The van der Waals surface area contributed by atoms with Gasteiger partial charge in [0.05, 0.1) is 18.4 Å². The summed E-state index contributed by atoms with van der Waals surface area (Å²) in [7, 11) is 0. The molecule has 0 radical (unpaired) electrons. The number of nitrogens with zero attached hydrogens (tertiary/aromatic N) is 3. The SMILES string of the molecule is NC(=O)C1(c2ccccn2)CCCN(CC(=O)Nc2ccc(Oc3cccnc3)cc2)C1. The fraction of sp³-hybridized carbons (Fsp3) is 0.250. The number of rotatable bonds is 7. The second-order valence-electron chi connectivity index (χ2n) is 7.84. The topological polar surface area (TPSA) is 110 Å². The highest BCUT2D eigenvalue weighted by molar-refractivity contribution is 5.92. The van der Waals surface area contributed by atoms with Gasteiger partial charge in [-0.2, -0.15) is 0 Å². The summed E-state index contributed by atoms with van der Waals surface area (Å²) in [5.41, 5.74) is 6.23. The zero-order valence-electron chi connectivity index (χ0n) is 17.6. The van der Waals surface area contributed by atoms with Crippen LogP contribution >= 0.6 is 0 Å². The van der Waals surface area contributed by atoms with Gasteiger partial charge in [-0.3, -0.25) is 24.5 Å². The van der Waals surface area contributed by atoms with Gasteiger partial charge in [0.15, 0.2) is 0 Å². The first-order valence-corrected chi connectivity index (χ1v) is 10.5. The van der Waals surface area contributed by atoms with Crippen molar-refractivity contribution in [2.45, 2.75) is 18.3 Å². The molecule has 1 saturated heterocycles. The number of aromatic nitrogens is 2. The molecule has 0 saturated carbocycles. The molecule has 3 heterocycles. The van der Waals surface area contributed by atoms with E-state index in [1.54, 1.807) is 55.0 Å². The Labute approximate surface area is 186 Å². The van der Waals surface area contributed by atoms with Crippen molar-refractivity contribution in [3.8, 4) is 11.5 Å². The van der Waals surface area contributed by atoms with Gasteiger partial charge in [-0.25, -0.2) is 0 Å². The van der Waals surface area contributed by atoms with E-state index in [1.807, 2.05) is 23.1 Å². The van der Waals surface area contributed by atoms with Crippen LogP contribution in [-0.2, 0) is 15.0 Å². The van der Waals surface area contributed by atoms with Crippen LogP contribution in [0.5, 0.6) is 11.5 Å². The smallest absolute Gasteiger partial charge is 0.238 e. The van der Waals surface area contributed by atoms with Gasteiger partial charge < -0.3 is 15.8 Å². The first kappa shape index (κ1) is 21.5. The summed E-state index contributed by atoms with van der Waals surface area (Å²) >= 11 is 0. The quantitative estimate of drug-likeness (QED) is 0.595. The molecule has 0 aliphatic carbocycles. The lowest BCUT2D eigenvalue weighted by Gasteiger charge is -2.40. The zero-order valence-corrected chi connectivity index (χ0v) is 17.6. The Bertz CT molecular complexity index is 1060. The highest BCUT2D eigenvalue weighted by Gasteiger charge is 2.43. The maximum Gasteiger partial charge on any atom is 0.238 e. The second kappa shape index (κ2) is 9.57. The minimum absolute atomic E-state index is 0.160. The molecule has 2 amide bonds. The third kappa shape index (κ3) is 4.92. The van der Waals surface area contributed by atoms with Crippen LogP contribution in [0, 0.1) is 0 Å². The zero-order chi connectivity index (χ0) is 22.4. The Morgan fingerprint density at radius 1 is 1.06 bits per heavy atom. The number of carbonyl (C=O) groups excluding carboxylic acids is 2. The number of hydrogen-bond donors (Lipinski definition) is 2. The van der Waals surface area contributed by atoms with Gasteiger partial charge in [-0.05, 0) is 67.9 Å². The van der Waals surface area contributed by atoms with Crippen molar-refractivity contribution < 1.29 is 14.3 Å². The van der Waals surface area contributed by atoms with Crippen LogP contribution < -0.4 is 15.8 Å². The van der Waals surface area contributed by atoms with Crippen molar-refractivity contribution in [3.05, 3.63) is 78.9 Å². The number of benzene rings is 1. The summed E-state index contributed by atoms with van der Waals surface area (Å²) in [4.78, 5) is 35.4. The number of anilines is 1. The Morgan fingerprint density at radius 2 is 1.91 bits per heavy atom. The monoisotopic (exact) mass is 431 g/mol. The molecule has 1 unspecified atom stereocenters. The maximum absolute atomic E-state index is 12.6.